The summed E-state index contributed by atoms with van der Waals surface area (Å²) in [5, 5.41) is 0. The fourth-order valence-electron chi connectivity index (χ4n) is 3.46. The number of hydrogen-bond donors (Lipinski definition) is 0. The summed E-state index contributed by atoms with van der Waals surface area (Å²) in [6, 6.07) is 15.9. The van der Waals surface area contributed by atoms with E-state index in [1.165, 1.54) is 4.90 Å². The van der Waals surface area contributed by atoms with Gasteiger partial charge in [-0.3, -0.25) is 14.5 Å². The third-order valence-electron chi connectivity index (χ3n) is 4.72. The molecule has 1 atom stereocenters. The fourth-order valence-corrected chi connectivity index (χ4v) is 3.46. The summed E-state index contributed by atoms with van der Waals surface area (Å²) in [6.45, 7) is 5.90. The third-order valence-corrected chi connectivity index (χ3v) is 4.72. The van der Waals surface area contributed by atoms with Crippen molar-refractivity contribution in [3.05, 3.63) is 77.8 Å². The number of imide groups is 1. The molecule has 2 amide bonds. The van der Waals surface area contributed by atoms with Crippen molar-refractivity contribution in [1.29, 1.82) is 0 Å². The highest BCUT2D eigenvalue weighted by Gasteiger charge is 2.46. The van der Waals surface area contributed by atoms with Crippen molar-refractivity contribution in [3.8, 4) is 11.3 Å². The molecule has 3 aromatic rings. The Morgan fingerprint density at radius 1 is 0.889 bits per heavy atom. The molecule has 0 spiro atoms. The number of aromatic nitrogens is 1. The van der Waals surface area contributed by atoms with Crippen LogP contribution in [0.2, 0.25) is 0 Å². The third kappa shape index (κ3) is 2.85. The lowest BCUT2D eigenvalue weighted by molar-refractivity contribution is 0.0404. The number of amides is 2. The molecule has 1 aliphatic heterocycles. The molecule has 0 saturated heterocycles. The quantitative estimate of drug-likeness (QED) is 0.634. The van der Waals surface area contributed by atoms with Crippen LogP contribution in [-0.2, 0) is 0 Å². The Morgan fingerprint density at radius 3 is 2.00 bits per heavy atom. The topological polar surface area (TPSA) is 63.4 Å². The lowest BCUT2D eigenvalue weighted by Crippen LogP contribution is -2.41. The molecule has 2 aromatic carbocycles. The first kappa shape index (κ1) is 17.2. The number of nitrogens with zero attached hydrogens (tertiary/aromatic N) is 2. The van der Waals surface area contributed by atoms with Crippen LogP contribution in [0.3, 0.4) is 0 Å². The van der Waals surface area contributed by atoms with Crippen molar-refractivity contribution in [2.45, 2.75) is 26.8 Å². The van der Waals surface area contributed by atoms with E-state index in [2.05, 4.69) is 4.98 Å². The number of rotatable bonds is 3. The van der Waals surface area contributed by atoms with E-state index < -0.39 is 11.5 Å². The zero-order valence-corrected chi connectivity index (χ0v) is 15.5. The molecule has 0 radical (unpaired) electrons. The Hall–Kier alpha value is -3.21. The molecule has 1 unspecified atom stereocenters. The minimum atomic E-state index is -0.609. The highest BCUT2D eigenvalue weighted by molar-refractivity contribution is 6.21. The fraction of sp³-hybridized carbons (Fsp3) is 0.227. The maximum Gasteiger partial charge on any atom is 0.262 e. The summed E-state index contributed by atoms with van der Waals surface area (Å²) in [5.41, 5.74) is 1.29. The number of fused-ring (bicyclic) bond motifs is 1. The molecule has 5 heteroatoms. The summed E-state index contributed by atoms with van der Waals surface area (Å²) in [6.07, 6.45) is 1.64. The largest absolute Gasteiger partial charge is 0.438 e. The lowest BCUT2D eigenvalue weighted by atomic mass is 9.85. The van der Waals surface area contributed by atoms with Crippen LogP contribution in [0.5, 0.6) is 0 Å². The van der Waals surface area contributed by atoms with E-state index in [0.29, 0.717) is 22.8 Å². The van der Waals surface area contributed by atoms with Gasteiger partial charge in [0.15, 0.2) is 5.76 Å². The minimum absolute atomic E-state index is 0.310. The van der Waals surface area contributed by atoms with Crippen molar-refractivity contribution in [3.63, 3.8) is 0 Å². The minimum Gasteiger partial charge on any atom is -0.438 e. The summed E-state index contributed by atoms with van der Waals surface area (Å²) in [7, 11) is 0. The van der Waals surface area contributed by atoms with Crippen LogP contribution in [0, 0.1) is 5.41 Å². The number of carbonyl (C=O) groups excluding carboxylic acids is 2. The van der Waals surface area contributed by atoms with Crippen molar-refractivity contribution >= 4 is 11.8 Å². The van der Waals surface area contributed by atoms with Gasteiger partial charge in [-0.05, 0) is 17.5 Å². The maximum atomic E-state index is 13.0. The monoisotopic (exact) mass is 360 g/mol. The molecule has 0 aliphatic carbocycles. The molecular formula is C22H20N2O3. The van der Waals surface area contributed by atoms with Crippen LogP contribution in [0.4, 0.5) is 0 Å². The van der Waals surface area contributed by atoms with Crippen molar-refractivity contribution < 1.29 is 14.0 Å². The molecule has 27 heavy (non-hydrogen) atoms. The van der Waals surface area contributed by atoms with E-state index >= 15 is 0 Å². The second-order valence-electron chi connectivity index (χ2n) is 7.72. The Kier molecular flexibility index (Phi) is 3.95. The van der Waals surface area contributed by atoms with Crippen LogP contribution in [0.25, 0.3) is 11.3 Å². The highest BCUT2D eigenvalue weighted by atomic mass is 16.4. The van der Waals surface area contributed by atoms with Gasteiger partial charge in [-0.25, -0.2) is 4.98 Å². The predicted octanol–water partition coefficient (Wildman–Crippen LogP) is 4.73. The van der Waals surface area contributed by atoms with E-state index in [4.69, 9.17) is 4.42 Å². The second-order valence-corrected chi connectivity index (χ2v) is 7.72. The number of hydrogen-bond acceptors (Lipinski definition) is 4. The Bertz CT molecular complexity index is 980. The van der Waals surface area contributed by atoms with Crippen LogP contribution >= 0.6 is 0 Å². The first-order valence-electron chi connectivity index (χ1n) is 8.86. The lowest BCUT2D eigenvalue weighted by Gasteiger charge is -2.34. The van der Waals surface area contributed by atoms with Gasteiger partial charge in [-0.15, -0.1) is 0 Å². The molecule has 5 nitrogen and oxygen atoms in total. The number of benzene rings is 2. The average Bonchev–Trinajstić information content (AvgIpc) is 3.22. The Labute approximate surface area is 157 Å². The first-order chi connectivity index (χ1) is 12.9. The zero-order chi connectivity index (χ0) is 19.2. The Balaban J connectivity index is 1.78. The molecular weight excluding hydrogens is 340 g/mol. The van der Waals surface area contributed by atoms with E-state index in [1.54, 1.807) is 30.5 Å². The molecule has 0 saturated carbocycles. The van der Waals surface area contributed by atoms with Gasteiger partial charge in [-0.2, -0.15) is 0 Å². The number of carbonyl (C=O) groups is 2. The summed E-state index contributed by atoms with van der Waals surface area (Å²) in [4.78, 5) is 31.7. The zero-order valence-electron chi connectivity index (χ0n) is 15.5. The van der Waals surface area contributed by atoms with Crippen LogP contribution in [0.15, 0.2) is 65.2 Å². The van der Waals surface area contributed by atoms with Gasteiger partial charge in [0.25, 0.3) is 11.8 Å². The summed E-state index contributed by atoms with van der Waals surface area (Å²) >= 11 is 0. The molecule has 4 rings (SSSR count). The van der Waals surface area contributed by atoms with E-state index in [-0.39, 0.29) is 11.8 Å². The van der Waals surface area contributed by atoms with Crippen LogP contribution in [-0.4, -0.2) is 21.7 Å². The first-order valence-corrected chi connectivity index (χ1v) is 8.86. The molecule has 0 N–H and O–H groups in total. The van der Waals surface area contributed by atoms with E-state index in [0.717, 1.165) is 5.56 Å². The second kappa shape index (κ2) is 6.20. The SMILES string of the molecule is CC(C)(C)C(c1ncc(-c2ccccc2)o1)N1C(=O)c2ccccc2C1=O. The van der Waals surface area contributed by atoms with Gasteiger partial charge in [0.2, 0.25) is 5.89 Å². The van der Waals surface area contributed by atoms with Gasteiger partial charge in [0, 0.05) is 5.56 Å². The number of oxazole rings is 1. The van der Waals surface area contributed by atoms with Crippen LogP contribution < -0.4 is 0 Å². The molecule has 2 heterocycles. The van der Waals surface area contributed by atoms with Gasteiger partial charge >= 0.3 is 0 Å². The molecule has 1 aromatic heterocycles. The molecule has 136 valence electrons. The van der Waals surface area contributed by atoms with Crippen LogP contribution in [0.1, 0.15) is 53.4 Å². The van der Waals surface area contributed by atoms with Gasteiger partial charge in [0.1, 0.15) is 6.04 Å². The molecule has 0 bridgehead atoms. The van der Waals surface area contributed by atoms with Gasteiger partial charge < -0.3 is 4.42 Å². The normalized spacial score (nSPS) is 15.1. The van der Waals surface area contributed by atoms with Gasteiger partial charge in [-0.1, -0.05) is 63.2 Å². The Morgan fingerprint density at radius 2 is 1.44 bits per heavy atom. The van der Waals surface area contributed by atoms with Crippen molar-refractivity contribution in [1.82, 2.24) is 9.88 Å². The van der Waals surface area contributed by atoms with Gasteiger partial charge in [0.05, 0.1) is 17.3 Å². The predicted molar refractivity (Wildman–Crippen MR) is 101 cm³/mol. The standard InChI is InChI=1S/C22H20N2O3/c1-22(2,3)18(19-23-13-17(27-19)14-9-5-4-6-10-14)24-20(25)15-11-7-8-12-16(15)21(24)26/h4-13,18H,1-3H3. The van der Waals surface area contributed by atoms with Crippen molar-refractivity contribution in [2.24, 2.45) is 5.41 Å². The van der Waals surface area contributed by atoms with E-state index in [1.807, 2.05) is 51.1 Å². The van der Waals surface area contributed by atoms with Crippen molar-refractivity contribution in [2.75, 3.05) is 0 Å². The van der Waals surface area contributed by atoms with E-state index in [9.17, 15) is 9.59 Å². The maximum absolute atomic E-state index is 13.0. The molecule has 0 fully saturated rings. The summed E-state index contributed by atoms with van der Waals surface area (Å²) in [5.74, 6) is 0.345. The highest BCUT2D eigenvalue weighted by Crippen LogP contribution is 2.42. The smallest absolute Gasteiger partial charge is 0.262 e. The molecule has 1 aliphatic rings. The average molecular weight is 360 g/mol. The summed E-state index contributed by atoms with van der Waals surface area (Å²) < 4.78 is 6.01.